The number of rotatable bonds is 3. The topological polar surface area (TPSA) is 0 Å². The van der Waals surface area contributed by atoms with E-state index in [-0.39, 0.29) is 6.67 Å². The van der Waals surface area contributed by atoms with Gasteiger partial charge in [0.2, 0.25) is 0 Å². The van der Waals surface area contributed by atoms with E-state index in [9.17, 15) is 4.39 Å². The van der Waals surface area contributed by atoms with Gasteiger partial charge in [0.05, 0.1) is 0 Å². The van der Waals surface area contributed by atoms with Crippen LogP contribution in [0.15, 0.2) is 11.6 Å². The summed E-state index contributed by atoms with van der Waals surface area (Å²) in [5.41, 5.74) is 0.924. The highest BCUT2D eigenvalue weighted by Gasteiger charge is 1.87. The molecule has 0 atom stereocenters. The molecule has 0 aliphatic rings. The average molecular weight is 116 g/mol. The maximum atomic E-state index is 11.8. The second-order valence-corrected chi connectivity index (χ2v) is 1.76. The SMILES string of the molecule is CC/C=C(/CC)CF. The summed E-state index contributed by atoms with van der Waals surface area (Å²) in [6.07, 6.45) is 3.75. The standard InChI is InChI=1S/C7H13F/c1-3-5-7(4-2)6-8/h5H,3-4,6H2,1-2H3/b7-5-. The molecule has 0 bridgehead atoms. The van der Waals surface area contributed by atoms with Gasteiger partial charge in [-0.25, -0.2) is 4.39 Å². The molecule has 0 rings (SSSR count). The number of alkyl halides is 1. The second kappa shape index (κ2) is 4.82. The zero-order valence-electron chi connectivity index (χ0n) is 5.58. The smallest absolute Gasteiger partial charge is 0.111 e. The zero-order valence-corrected chi connectivity index (χ0v) is 5.58. The molecule has 0 aromatic rings. The molecule has 48 valence electrons. The molecule has 0 N–H and O–H groups in total. The Labute approximate surface area is 50.4 Å². The lowest BCUT2D eigenvalue weighted by molar-refractivity contribution is 0.533. The van der Waals surface area contributed by atoms with Gasteiger partial charge in [0.15, 0.2) is 0 Å². The van der Waals surface area contributed by atoms with Crippen molar-refractivity contribution in [3.63, 3.8) is 0 Å². The number of hydrogen-bond donors (Lipinski definition) is 0. The summed E-state index contributed by atoms with van der Waals surface area (Å²) in [5, 5.41) is 0. The summed E-state index contributed by atoms with van der Waals surface area (Å²) in [7, 11) is 0. The van der Waals surface area contributed by atoms with Crippen molar-refractivity contribution in [2.45, 2.75) is 26.7 Å². The molecule has 0 saturated heterocycles. The van der Waals surface area contributed by atoms with E-state index < -0.39 is 0 Å². The van der Waals surface area contributed by atoms with Gasteiger partial charge in [0.1, 0.15) is 6.67 Å². The monoisotopic (exact) mass is 116 g/mol. The molecule has 0 aliphatic heterocycles. The van der Waals surface area contributed by atoms with Crippen LogP contribution in [0, 0.1) is 0 Å². The maximum Gasteiger partial charge on any atom is 0.111 e. The lowest BCUT2D eigenvalue weighted by Gasteiger charge is -1.93. The molecular formula is C7H13F. The van der Waals surface area contributed by atoms with Crippen molar-refractivity contribution < 1.29 is 4.39 Å². The van der Waals surface area contributed by atoms with E-state index in [0.717, 1.165) is 18.4 Å². The average Bonchev–Trinajstić information content (AvgIpc) is 1.83. The van der Waals surface area contributed by atoms with E-state index >= 15 is 0 Å². The molecule has 8 heavy (non-hydrogen) atoms. The Morgan fingerprint density at radius 1 is 1.50 bits per heavy atom. The molecule has 0 fully saturated rings. The van der Waals surface area contributed by atoms with Crippen molar-refractivity contribution >= 4 is 0 Å². The molecule has 0 aromatic heterocycles. The van der Waals surface area contributed by atoms with Gasteiger partial charge in [0, 0.05) is 0 Å². The Morgan fingerprint density at radius 2 is 2.12 bits per heavy atom. The Bertz CT molecular complexity index is 68.5. The van der Waals surface area contributed by atoms with Crippen molar-refractivity contribution in [3.05, 3.63) is 11.6 Å². The third-order valence-electron chi connectivity index (χ3n) is 1.12. The molecule has 0 nitrogen and oxygen atoms in total. The summed E-state index contributed by atoms with van der Waals surface area (Å²) in [5.74, 6) is 0. The minimum absolute atomic E-state index is 0.273. The third kappa shape index (κ3) is 2.78. The minimum atomic E-state index is -0.273. The van der Waals surface area contributed by atoms with Gasteiger partial charge in [-0.3, -0.25) is 0 Å². The Kier molecular flexibility index (Phi) is 4.62. The molecular weight excluding hydrogens is 103 g/mol. The number of allylic oxidation sites excluding steroid dienone is 2. The fraction of sp³-hybridized carbons (Fsp3) is 0.714. The van der Waals surface area contributed by atoms with Crippen LogP contribution in [0.25, 0.3) is 0 Å². The number of hydrogen-bond acceptors (Lipinski definition) is 0. The second-order valence-electron chi connectivity index (χ2n) is 1.76. The van der Waals surface area contributed by atoms with E-state index in [1.54, 1.807) is 0 Å². The predicted molar refractivity (Wildman–Crippen MR) is 34.6 cm³/mol. The predicted octanol–water partition coefficient (Wildman–Crippen LogP) is 2.70. The third-order valence-corrected chi connectivity index (χ3v) is 1.12. The van der Waals surface area contributed by atoms with Gasteiger partial charge in [0.25, 0.3) is 0 Å². The van der Waals surface area contributed by atoms with Gasteiger partial charge < -0.3 is 0 Å². The molecule has 0 spiro atoms. The number of halogens is 1. The molecule has 0 heterocycles. The van der Waals surface area contributed by atoms with Gasteiger partial charge in [-0.1, -0.05) is 19.9 Å². The van der Waals surface area contributed by atoms with Gasteiger partial charge >= 0.3 is 0 Å². The summed E-state index contributed by atoms with van der Waals surface area (Å²) in [4.78, 5) is 0. The zero-order chi connectivity index (χ0) is 6.41. The Hall–Kier alpha value is -0.330. The van der Waals surface area contributed by atoms with E-state index in [1.165, 1.54) is 0 Å². The fourth-order valence-electron chi connectivity index (χ4n) is 0.582. The fourth-order valence-corrected chi connectivity index (χ4v) is 0.582. The van der Waals surface area contributed by atoms with Crippen LogP contribution in [0.2, 0.25) is 0 Å². The van der Waals surface area contributed by atoms with Crippen LogP contribution >= 0.6 is 0 Å². The lowest BCUT2D eigenvalue weighted by atomic mass is 10.2. The van der Waals surface area contributed by atoms with Crippen LogP contribution in [-0.2, 0) is 0 Å². The summed E-state index contributed by atoms with van der Waals surface area (Å²) < 4.78 is 11.8. The van der Waals surface area contributed by atoms with E-state index in [1.807, 2.05) is 19.9 Å². The van der Waals surface area contributed by atoms with Crippen molar-refractivity contribution in [3.8, 4) is 0 Å². The van der Waals surface area contributed by atoms with E-state index in [4.69, 9.17) is 0 Å². The van der Waals surface area contributed by atoms with Crippen molar-refractivity contribution in [1.82, 2.24) is 0 Å². The first kappa shape index (κ1) is 7.67. The molecule has 0 saturated carbocycles. The van der Waals surface area contributed by atoms with E-state index in [2.05, 4.69) is 0 Å². The Morgan fingerprint density at radius 3 is 2.25 bits per heavy atom. The first-order valence-electron chi connectivity index (χ1n) is 3.09. The summed E-state index contributed by atoms with van der Waals surface area (Å²) in [6.45, 7) is 3.72. The summed E-state index contributed by atoms with van der Waals surface area (Å²) >= 11 is 0. The summed E-state index contributed by atoms with van der Waals surface area (Å²) in [6, 6.07) is 0. The van der Waals surface area contributed by atoms with E-state index in [0.29, 0.717) is 0 Å². The van der Waals surface area contributed by atoms with Crippen molar-refractivity contribution in [2.24, 2.45) is 0 Å². The molecule has 0 unspecified atom stereocenters. The van der Waals surface area contributed by atoms with Gasteiger partial charge in [-0.05, 0) is 18.4 Å². The van der Waals surface area contributed by atoms with Gasteiger partial charge in [-0.15, -0.1) is 0 Å². The Balaban J connectivity index is 3.49. The maximum absolute atomic E-state index is 11.8. The van der Waals surface area contributed by atoms with Crippen LogP contribution in [0.4, 0.5) is 4.39 Å². The first-order valence-corrected chi connectivity index (χ1v) is 3.09. The highest BCUT2D eigenvalue weighted by molar-refractivity contribution is 5.00. The largest absolute Gasteiger partial charge is 0.246 e. The van der Waals surface area contributed by atoms with Crippen LogP contribution < -0.4 is 0 Å². The normalized spacial score (nSPS) is 12.1. The van der Waals surface area contributed by atoms with Crippen LogP contribution in [-0.4, -0.2) is 6.67 Å². The molecule has 0 aliphatic carbocycles. The molecule has 0 radical (unpaired) electrons. The highest BCUT2D eigenvalue weighted by Crippen LogP contribution is 2.01. The van der Waals surface area contributed by atoms with Gasteiger partial charge in [-0.2, -0.15) is 0 Å². The van der Waals surface area contributed by atoms with Crippen molar-refractivity contribution in [1.29, 1.82) is 0 Å². The molecule has 1 heteroatoms. The first-order chi connectivity index (χ1) is 3.85. The van der Waals surface area contributed by atoms with Crippen LogP contribution in [0.1, 0.15) is 26.7 Å². The molecule has 0 amide bonds. The minimum Gasteiger partial charge on any atom is -0.246 e. The van der Waals surface area contributed by atoms with Crippen molar-refractivity contribution in [2.75, 3.05) is 6.67 Å². The highest BCUT2D eigenvalue weighted by atomic mass is 19.1. The van der Waals surface area contributed by atoms with Crippen LogP contribution in [0.5, 0.6) is 0 Å². The van der Waals surface area contributed by atoms with Crippen LogP contribution in [0.3, 0.4) is 0 Å². The lowest BCUT2D eigenvalue weighted by Crippen LogP contribution is -1.80. The molecule has 0 aromatic carbocycles. The quantitative estimate of drug-likeness (QED) is 0.497.